The third-order valence-corrected chi connectivity index (χ3v) is 4.88. The van der Waals surface area contributed by atoms with E-state index in [1.807, 2.05) is 54.6 Å². The Morgan fingerprint density at radius 3 is 2.57 bits per heavy atom. The monoisotopic (exact) mass is 403 g/mol. The molecule has 0 atom stereocenters. The fourth-order valence-corrected chi connectivity index (χ4v) is 3.42. The van der Waals surface area contributed by atoms with Gasteiger partial charge in [0.05, 0.1) is 17.6 Å². The number of H-pyrrole nitrogens is 1. The lowest BCUT2D eigenvalue weighted by Crippen LogP contribution is -2.18. The lowest BCUT2D eigenvalue weighted by Gasteiger charge is -2.12. The quantitative estimate of drug-likeness (QED) is 0.190. The Kier molecular flexibility index (Phi) is 5.72. The van der Waals surface area contributed by atoms with Gasteiger partial charge in [-0.25, -0.2) is 10.5 Å². The minimum absolute atomic E-state index is 0.156. The number of nitrogens with zero attached hydrogens (tertiary/aromatic N) is 1. The average molecular weight is 403 g/mol. The minimum atomic E-state index is -0.457. The van der Waals surface area contributed by atoms with E-state index in [0.717, 1.165) is 16.3 Å². The van der Waals surface area contributed by atoms with E-state index >= 15 is 0 Å². The highest BCUT2D eigenvalue weighted by molar-refractivity contribution is 6.07. The molecule has 0 fully saturated rings. The second kappa shape index (κ2) is 8.75. The number of carbonyl (C=O) groups is 1. The van der Waals surface area contributed by atoms with E-state index in [1.54, 1.807) is 11.5 Å². The van der Waals surface area contributed by atoms with Crippen molar-refractivity contribution in [3.8, 4) is 5.75 Å². The molecular formula is C23H21N3O4. The first-order chi connectivity index (χ1) is 14.7. The summed E-state index contributed by atoms with van der Waals surface area (Å²) in [6.45, 7) is 0.298. The van der Waals surface area contributed by atoms with Crippen molar-refractivity contribution in [2.45, 2.75) is 19.3 Å². The van der Waals surface area contributed by atoms with E-state index < -0.39 is 5.91 Å². The molecule has 30 heavy (non-hydrogen) atoms. The number of aromatic amines is 1. The number of carbonyl (C=O) groups excluding carboxylic acids is 1. The maximum Gasteiger partial charge on any atom is 0.270 e. The molecule has 4 rings (SSSR count). The lowest BCUT2D eigenvalue weighted by molar-refractivity contribution is -0.129. The lowest BCUT2D eigenvalue weighted by atomic mass is 10.1. The molecule has 1 amide bonds. The maximum atomic E-state index is 12.6. The van der Waals surface area contributed by atoms with Crippen LogP contribution in [-0.4, -0.2) is 27.7 Å². The number of nitrogens with one attached hydrogen (secondary N) is 2. The summed E-state index contributed by atoms with van der Waals surface area (Å²) in [6, 6.07) is 19.2. The van der Waals surface area contributed by atoms with Gasteiger partial charge in [-0.05, 0) is 12.0 Å². The van der Waals surface area contributed by atoms with Gasteiger partial charge in [-0.1, -0.05) is 54.6 Å². The van der Waals surface area contributed by atoms with Crippen molar-refractivity contribution in [2.24, 2.45) is 0 Å². The van der Waals surface area contributed by atoms with Crippen molar-refractivity contribution in [2.75, 3.05) is 6.61 Å². The molecule has 0 unspecified atom stereocenters. The Morgan fingerprint density at radius 1 is 1.07 bits per heavy atom. The van der Waals surface area contributed by atoms with E-state index in [0.29, 0.717) is 41.9 Å². The van der Waals surface area contributed by atoms with Gasteiger partial charge in [0.2, 0.25) is 5.91 Å². The molecule has 7 nitrogen and oxygen atoms in total. The molecular weight excluding hydrogens is 382 g/mol. The second-order valence-electron chi connectivity index (χ2n) is 6.98. The molecule has 0 radical (unpaired) electrons. The van der Waals surface area contributed by atoms with Crippen LogP contribution >= 0.6 is 0 Å². The van der Waals surface area contributed by atoms with E-state index in [9.17, 15) is 9.59 Å². The highest BCUT2D eigenvalue weighted by Gasteiger charge is 2.13. The van der Waals surface area contributed by atoms with Crippen LogP contribution in [0.15, 0.2) is 65.5 Å². The fraction of sp³-hybridized carbons (Fsp3) is 0.174. The van der Waals surface area contributed by atoms with Crippen LogP contribution in [0.5, 0.6) is 5.75 Å². The molecule has 1 aromatic heterocycles. The van der Waals surface area contributed by atoms with Crippen molar-refractivity contribution in [1.29, 1.82) is 0 Å². The maximum absolute atomic E-state index is 12.6. The second-order valence-corrected chi connectivity index (χ2v) is 6.98. The van der Waals surface area contributed by atoms with Crippen LogP contribution in [0.4, 0.5) is 0 Å². The molecule has 7 heteroatoms. The van der Waals surface area contributed by atoms with Crippen LogP contribution in [-0.2, 0) is 11.2 Å². The molecule has 0 aliphatic carbocycles. The molecule has 0 saturated heterocycles. The summed E-state index contributed by atoms with van der Waals surface area (Å²) < 4.78 is 5.88. The molecule has 0 aliphatic heterocycles. The van der Waals surface area contributed by atoms with E-state index in [1.165, 1.54) is 0 Å². The van der Waals surface area contributed by atoms with E-state index in [-0.39, 0.29) is 12.0 Å². The topological polar surface area (TPSA) is 104 Å². The van der Waals surface area contributed by atoms with Crippen molar-refractivity contribution >= 4 is 27.7 Å². The summed E-state index contributed by atoms with van der Waals surface area (Å²) in [5.74, 6) is 0.150. The summed E-state index contributed by atoms with van der Waals surface area (Å²) in [5, 5.41) is 10.3. The molecule has 0 spiro atoms. The van der Waals surface area contributed by atoms with Crippen molar-refractivity contribution < 1.29 is 14.7 Å². The molecule has 0 saturated carbocycles. The van der Waals surface area contributed by atoms with E-state index in [2.05, 4.69) is 4.98 Å². The van der Waals surface area contributed by atoms with Gasteiger partial charge in [-0.15, -0.1) is 0 Å². The first-order valence-electron chi connectivity index (χ1n) is 9.70. The molecule has 0 bridgehead atoms. The zero-order chi connectivity index (χ0) is 20.9. The Labute approximate surface area is 172 Å². The largest absolute Gasteiger partial charge is 0.493 e. The van der Waals surface area contributed by atoms with Gasteiger partial charge >= 0.3 is 0 Å². The van der Waals surface area contributed by atoms with Gasteiger partial charge in [0.1, 0.15) is 11.4 Å². The third kappa shape index (κ3) is 4.16. The van der Waals surface area contributed by atoms with Gasteiger partial charge in [0.25, 0.3) is 5.56 Å². The summed E-state index contributed by atoms with van der Waals surface area (Å²) >= 11 is 0. The number of benzene rings is 3. The van der Waals surface area contributed by atoms with E-state index in [4.69, 9.17) is 14.9 Å². The first-order valence-corrected chi connectivity index (χ1v) is 9.70. The number of amides is 1. The van der Waals surface area contributed by atoms with Crippen LogP contribution in [0.3, 0.4) is 0 Å². The van der Waals surface area contributed by atoms with Crippen LogP contribution in [0.25, 0.3) is 21.8 Å². The molecule has 4 aromatic rings. The smallest absolute Gasteiger partial charge is 0.270 e. The van der Waals surface area contributed by atoms with Gasteiger partial charge in [-0.3, -0.25) is 14.8 Å². The van der Waals surface area contributed by atoms with Crippen LogP contribution < -0.4 is 15.8 Å². The predicted molar refractivity (Wildman–Crippen MR) is 114 cm³/mol. The summed E-state index contributed by atoms with van der Waals surface area (Å²) in [4.78, 5) is 31.4. The van der Waals surface area contributed by atoms with Gasteiger partial charge in [0.15, 0.2) is 0 Å². The highest BCUT2D eigenvalue weighted by atomic mass is 16.5. The average Bonchev–Trinajstić information content (AvgIpc) is 2.78. The number of hydroxylamine groups is 1. The minimum Gasteiger partial charge on any atom is -0.493 e. The normalized spacial score (nSPS) is 11.0. The standard InChI is InChI=1S/C23H21N3O4/c27-21(26-29)11-6-12-30-20-14-18-22(17-10-5-4-9-16(17)20)24-19(23(28)25-18)13-15-7-2-1-3-8-15/h1-5,7-10,14,29H,6,11-13H2,(H,25,28)(H,26,27). The number of aromatic nitrogens is 2. The fourth-order valence-electron chi connectivity index (χ4n) is 3.42. The Bertz CT molecular complexity index is 1250. The van der Waals surface area contributed by atoms with Crippen LogP contribution in [0.2, 0.25) is 0 Å². The van der Waals surface area contributed by atoms with Crippen molar-refractivity contribution in [3.05, 3.63) is 82.3 Å². The summed E-state index contributed by atoms with van der Waals surface area (Å²) in [7, 11) is 0. The van der Waals surface area contributed by atoms with Crippen LogP contribution in [0, 0.1) is 0 Å². The van der Waals surface area contributed by atoms with Crippen molar-refractivity contribution in [3.63, 3.8) is 0 Å². The first kappa shape index (κ1) is 19.6. The number of hydrogen-bond acceptors (Lipinski definition) is 5. The van der Waals surface area contributed by atoms with Crippen molar-refractivity contribution in [1.82, 2.24) is 15.4 Å². The zero-order valence-corrected chi connectivity index (χ0v) is 16.2. The zero-order valence-electron chi connectivity index (χ0n) is 16.2. The number of ether oxygens (including phenoxy) is 1. The number of hydrogen-bond donors (Lipinski definition) is 3. The molecule has 3 aromatic carbocycles. The van der Waals surface area contributed by atoms with Gasteiger partial charge in [-0.2, -0.15) is 0 Å². The van der Waals surface area contributed by atoms with Crippen LogP contribution in [0.1, 0.15) is 24.1 Å². The van der Waals surface area contributed by atoms with Gasteiger partial charge < -0.3 is 9.72 Å². The molecule has 0 aliphatic rings. The Morgan fingerprint density at radius 2 is 1.80 bits per heavy atom. The number of rotatable bonds is 7. The molecule has 3 N–H and O–H groups in total. The Balaban J connectivity index is 1.70. The molecule has 152 valence electrons. The third-order valence-electron chi connectivity index (χ3n) is 4.88. The highest BCUT2D eigenvalue weighted by Crippen LogP contribution is 2.31. The number of fused-ring (bicyclic) bond motifs is 3. The summed E-state index contributed by atoms with van der Waals surface area (Å²) in [6.07, 6.45) is 1.05. The summed E-state index contributed by atoms with van der Waals surface area (Å²) in [5.41, 5.74) is 4.16. The van der Waals surface area contributed by atoms with Gasteiger partial charge in [0, 0.05) is 29.7 Å². The SMILES string of the molecule is O=C(CCCOc1cc2[nH]c(=O)c(Cc3ccccc3)nc2c2ccccc12)NO. The molecule has 1 heterocycles. The predicted octanol–water partition coefficient (Wildman–Crippen LogP) is 3.33. The Hall–Kier alpha value is -3.71.